The highest BCUT2D eigenvalue weighted by Gasteiger charge is 2.23. The molecule has 3 amide bonds. The molecular formula is C15H20ClN3O2. The van der Waals surface area contributed by atoms with E-state index in [9.17, 15) is 9.59 Å². The van der Waals surface area contributed by atoms with Gasteiger partial charge in [-0.25, -0.2) is 4.79 Å². The highest BCUT2D eigenvalue weighted by Crippen LogP contribution is 2.27. The Labute approximate surface area is 129 Å². The molecule has 0 spiro atoms. The molecule has 0 bridgehead atoms. The minimum atomic E-state index is -0.174. The van der Waals surface area contributed by atoms with Crippen LogP contribution in [0.25, 0.3) is 0 Å². The lowest BCUT2D eigenvalue weighted by atomic mass is 10.1. The highest BCUT2D eigenvalue weighted by atomic mass is 35.5. The monoisotopic (exact) mass is 309 g/mol. The zero-order valence-electron chi connectivity index (χ0n) is 12.6. The fourth-order valence-electron chi connectivity index (χ4n) is 2.48. The number of piperazine rings is 1. The third-order valence-corrected chi connectivity index (χ3v) is 3.97. The minimum absolute atomic E-state index is 0.0486. The van der Waals surface area contributed by atoms with Crippen molar-refractivity contribution < 1.29 is 9.59 Å². The molecule has 6 heteroatoms. The Bertz CT molecular complexity index is 543. The summed E-state index contributed by atoms with van der Waals surface area (Å²) in [6.07, 6.45) is 0. The third-order valence-electron chi connectivity index (χ3n) is 3.68. The molecule has 1 fully saturated rings. The largest absolute Gasteiger partial charge is 0.339 e. The average Bonchev–Trinajstić information content (AvgIpc) is 2.42. The van der Waals surface area contributed by atoms with Gasteiger partial charge in [0.15, 0.2) is 0 Å². The van der Waals surface area contributed by atoms with E-state index in [4.69, 9.17) is 11.6 Å². The van der Waals surface area contributed by atoms with Crippen molar-refractivity contribution in [2.45, 2.75) is 20.8 Å². The van der Waals surface area contributed by atoms with Gasteiger partial charge < -0.3 is 15.1 Å². The number of nitrogens with one attached hydrogen (secondary N) is 1. The van der Waals surface area contributed by atoms with Gasteiger partial charge in [-0.05, 0) is 31.0 Å². The van der Waals surface area contributed by atoms with Gasteiger partial charge in [-0.3, -0.25) is 4.79 Å². The molecule has 114 valence electrons. The molecule has 1 aliphatic rings. The van der Waals surface area contributed by atoms with Crippen molar-refractivity contribution >= 4 is 29.2 Å². The molecule has 1 aliphatic heterocycles. The molecular weight excluding hydrogens is 290 g/mol. The maximum Gasteiger partial charge on any atom is 0.322 e. The van der Waals surface area contributed by atoms with Gasteiger partial charge in [0, 0.05) is 33.1 Å². The van der Waals surface area contributed by atoms with E-state index in [1.807, 2.05) is 26.0 Å². The fourth-order valence-corrected chi connectivity index (χ4v) is 2.85. The van der Waals surface area contributed by atoms with Crippen molar-refractivity contribution in [2.75, 3.05) is 31.5 Å². The van der Waals surface area contributed by atoms with E-state index in [0.717, 1.165) is 11.1 Å². The van der Waals surface area contributed by atoms with E-state index in [1.165, 1.54) is 0 Å². The summed E-state index contributed by atoms with van der Waals surface area (Å²) in [5.74, 6) is 0.0486. The molecule has 0 saturated carbocycles. The number of hydrogen-bond donors (Lipinski definition) is 1. The van der Waals surface area contributed by atoms with Gasteiger partial charge in [-0.15, -0.1) is 0 Å². The van der Waals surface area contributed by atoms with Crippen LogP contribution in [0.3, 0.4) is 0 Å². The van der Waals surface area contributed by atoms with Crippen LogP contribution in [0.2, 0.25) is 5.02 Å². The fraction of sp³-hybridized carbons (Fsp3) is 0.467. The van der Waals surface area contributed by atoms with Crippen molar-refractivity contribution in [1.82, 2.24) is 9.80 Å². The zero-order valence-corrected chi connectivity index (χ0v) is 13.3. The van der Waals surface area contributed by atoms with E-state index in [2.05, 4.69) is 5.32 Å². The van der Waals surface area contributed by atoms with Gasteiger partial charge in [0.2, 0.25) is 5.91 Å². The Morgan fingerprint density at radius 3 is 2.19 bits per heavy atom. The number of nitrogens with zero attached hydrogens (tertiary/aromatic N) is 2. The Morgan fingerprint density at radius 2 is 1.67 bits per heavy atom. The first-order valence-corrected chi connectivity index (χ1v) is 7.34. The minimum Gasteiger partial charge on any atom is -0.339 e. The Hall–Kier alpha value is -1.75. The molecule has 0 radical (unpaired) electrons. The third kappa shape index (κ3) is 3.67. The van der Waals surface area contributed by atoms with Gasteiger partial charge in [-0.2, -0.15) is 0 Å². The van der Waals surface area contributed by atoms with Crippen LogP contribution in [0.1, 0.15) is 18.1 Å². The standard InChI is InChI=1S/C15H20ClN3O2/c1-10-8-11(2)14(13(16)9-10)17-15(21)19-6-4-18(5-7-19)12(3)20/h8-9H,4-7H2,1-3H3,(H,17,21). The van der Waals surface area contributed by atoms with Crippen LogP contribution >= 0.6 is 11.6 Å². The van der Waals surface area contributed by atoms with Crippen LogP contribution in [0.4, 0.5) is 10.5 Å². The van der Waals surface area contributed by atoms with Crippen molar-refractivity contribution in [3.8, 4) is 0 Å². The summed E-state index contributed by atoms with van der Waals surface area (Å²) in [6, 6.07) is 3.64. The molecule has 5 nitrogen and oxygen atoms in total. The van der Waals surface area contributed by atoms with Crippen molar-refractivity contribution in [3.05, 3.63) is 28.3 Å². The van der Waals surface area contributed by atoms with E-state index < -0.39 is 0 Å². The number of aryl methyl sites for hydroxylation is 2. The molecule has 1 N–H and O–H groups in total. The zero-order chi connectivity index (χ0) is 15.6. The Morgan fingerprint density at radius 1 is 1.10 bits per heavy atom. The molecule has 2 rings (SSSR count). The number of hydrogen-bond acceptors (Lipinski definition) is 2. The SMILES string of the molecule is CC(=O)N1CCN(C(=O)Nc2c(C)cc(C)cc2Cl)CC1. The summed E-state index contributed by atoms with van der Waals surface area (Å²) in [5, 5.41) is 3.42. The van der Waals surface area contributed by atoms with Gasteiger partial charge in [0.25, 0.3) is 0 Å². The van der Waals surface area contributed by atoms with E-state index in [0.29, 0.717) is 36.9 Å². The predicted octanol–water partition coefficient (Wildman–Crippen LogP) is 2.65. The molecule has 1 saturated heterocycles. The topological polar surface area (TPSA) is 52.7 Å². The summed E-state index contributed by atoms with van der Waals surface area (Å²) >= 11 is 6.20. The van der Waals surface area contributed by atoms with Gasteiger partial charge in [-0.1, -0.05) is 17.7 Å². The second-order valence-electron chi connectivity index (χ2n) is 5.36. The van der Waals surface area contributed by atoms with Crippen LogP contribution in [0, 0.1) is 13.8 Å². The van der Waals surface area contributed by atoms with Gasteiger partial charge in [0.1, 0.15) is 0 Å². The molecule has 1 aromatic rings. The van der Waals surface area contributed by atoms with Crippen LogP contribution in [0.15, 0.2) is 12.1 Å². The molecule has 21 heavy (non-hydrogen) atoms. The summed E-state index contributed by atoms with van der Waals surface area (Å²) < 4.78 is 0. The highest BCUT2D eigenvalue weighted by molar-refractivity contribution is 6.34. The average molecular weight is 310 g/mol. The predicted molar refractivity (Wildman–Crippen MR) is 83.8 cm³/mol. The van der Waals surface area contributed by atoms with Crippen molar-refractivity contribution in [1.29, 1.82) is 0 Å². The van der Waals surface area contributed by atoms with Crippen molar-refractivity contribution in [3.63, 3.8) is 0 Å². The Balaban J connectivity index is 2.01. The number of carbonyl (C=O) groups is 2. The molecule has 0 unspecified atom stereocenters. The lowest BCUT2D eigenvalue weighted by molar-refractivity contribution is -0.130. The van der Waals surface area contributed by atoms with Crippen LogP contribution in [-0.4, -0.2) is 47.9 Å². The second-order valence-corrected chi connectivity index (χ2v) is 5.77. The maximum absolute atomic E-state index is 12.3. The van der Waals surface area contributed by atoms with Crippen LogP contribution in [-0.2, 0) is 4.79 Å². The van der Waals surface area contributed by atoms with E-state index in [-0.39, 0.29) is 11.9 Å². The molecule has 1 heterocycles. The first-order valence-electron chi connectivity index (χ1n) is 6.96. The number of carbonyl (C=O) groups excluding carboxylic acids is 2. The van der Waals surface area contributed by atoms with Crippen molar-refractivity contribution in [2.24, 2.45) is 0 Å². The second kappa shape index (κ2) is 6.35. The first-order chi connectivity index (χ1) is 9.88. The number of urea groups is 1. The van der Waals surface area contributed by atoms with Gasteiger partial charge >= 0.3 is 6.03 Å². The van der Waals surface area contributed by atoms with Crippen LogP contribution in [0.5, 0.6) is 0 Å². The first kappa shape index (κ1) is 15.6. The lowest BCUT2D eigenvalue weighted by Gasteiger charge is -2.34. The summed E-state index contributed by atoms with van der Waals surface area (Å²) in [5.41, 5.74) is 2.66. The number of amides is 3. The number of benzene rings is 1. The molecule has 0 aliphatic carbocycles. The Kier molecular flexibility index (Phi) is 4.73. The summed E-state index contributed by atoms with van der Waals surface area (Å²) in [4.78, 5) is 27.0. The summed E-state index contributed by atoms with van der Waals surface area (Å²) in [6.45, 7) is 7.65. The number of anilines is 1. The summed E-state index contributed by atoms with van der Waals surface area (Å²) in [7, 11) is 0. The van der Waals surface area contributed by atoms with Gasteiger partial charge in [0.05, 0.1) is 10.7 Å². The maximum atomic E-state index is 12.3. The lowest BCUT2D eigenvalue weighted by Crippen LogP contribution is -2.51. The molecule has 0 atom stereocenters. The quantitative estimate of drug-likeness (QED) is 0.867. The van der Waals surface area contributed by atoms with E-state index >= 15 is 0 Å². The van der Waals surface area contributed by atoms with Crippen LogP contribution < -0.4 is 5.32 Å². The smallest absolute Gasteiger partial charge is 0.322 e. The number of halogens is 1. The normalized spacial score (nSPS) is 15.0. The number of rotatable bonds is 1. The molecule has 0 aromatic heterocycles. The molecule has 1 aromatic carbocycles. The van der Waals surface area contributed by atoms with E-state index in [1.54, 1.807) is 16.7 Å².